The van der Waals surface area contributed by atoms with Gasteiger partial charge in [0.25, 0.3) is 0 Å². The third-order valence-corrected chi connectivity index (χ3v) is 7.77. The van der Waals surface area contributed by atoms with Gasteiger partial charge >= 0.3 is 0 Å². The normalized spacial score (nSPS) is 11.2. The molecule has 0 spiro atoms. The fraction of sp³-hybridized carbons (Fsp3) is 0. The van der Waals surface area contributed by atoms with Crippen molar-refractivity contribution in [2.75, 3.05) is 0 Å². The second-order valence-electron chi connectivity index (χ2n) is 10.4. The first-order chi connectivity index (χ1) is 21.2. The summed E-state index contributed by atoms with van der Waals surface area (Å²) in [5, 5.41) is 13.7. The Labute approximate surface area is 247 Å². The summed E-state index contributed by atoms with van der Waals surface area (Å²) in [6.45, 7) is 0. The minimum absolute atomic E-state index is 0.515. The Hall–Kier alpha value is -6.12. The van der Waals surface area contributed by atoms with Crippen LogP contribution in [0, 0.1) is 11.3 Å². The molecule has 0 unspecified atom stereocenters. The van der Waals surface area contributed by atoms with E-state index in [1.807, 2.05) is 84.9 Å². The number of rotatable bonds is 4. The number of nitrogens with zero attached hydrogens (tertiary/aromatic N) is 4. The molecule has 0 N–H and O–H groups in total. The van der Waals surface area contributed by atoms with Crippen molar-refractivity contribution >= 4 is 32.7 Å². The van der Waals surface area contributed by atoms with Gasteiger partial charge in [-0.05, 0) is 52.2 Å². The Morgan fingerprint density at radius 2 is 1.19 bits per heavy atom. The van der Waals surface area contributed by atoms with Gasteiger partial charge in [-0.2, -0.15) is 5.26 Å². The Bertz CT molecular complexity index is 2350. The summed E-state index contributed by atoms with van der Waals surface area (Å²) in [4.78, 5) is 15.1. The number of aromatic nitrogens is 3. The zero-order valence-electron chi connectivity index (χ0n) is 22.9. The van der Waals surface area contributed by atoms with Gasteiger partial charge in [-0.3, -0.25) is 0 Å². The number of furan rings is 1. The maximum absolute atomic E-state index is 9.41. The van der Waals surface area contributed by atoms with Crippen molar-refractivity contribution in [2.24, 2.45) is 0 Å². The summed E-state index contributed by atoms with van der Waals surface area (Å²) in [5.74, 6) is 1.67. The molecule has 8 aromatic rings. The lowest BCUT2D eigenvalue weighted by Gasteiger charge is -2.13. The van der Waals surface area contributed by atoms with Gasteiger partial charge in [0.2, 0.25) is 0 Å². The second kappa shape index (κ2) is 10.1. The summed E-state index contributed by atoms with van der Waals surface area (Å²) in [6, 6.07) is 46.5. The van der Waals surface area contributed by atoms with E-state index in [0.29, 0.717) is 28.6 Å². The summed E-state index contributed by atoms with van der Waals surface area (Å²) in [7, 11) is 0. The van der Waals surface area contributed by atoms with Crippen LogP contribution in [-0.4, -0.2) is 15.0 Å². The molecule has 0 aliphatic heterocycles. The number of fused-ring (bicyclic) bond motifs is 4. The smallest absolute Gasteiger partial charge is 0.168 e. The number of benzene rings is 6. The van der Waals surface area contributed by atoms with Crippen LogP contribution in [-0.2, 0) is 0 Å². The number of nitriles is 1. The summed E-state index contributed by atoms with van der Waals surface area (Å²) in [5.41, 5.74) is 6.51. The van der Waals surface area contributed by atoms with Gasteiger partial charge < -0.3 is 4.42 Å². The van der Waals surface area contributed by atoms with E-state index in [1.165, 1.54) is 0 Å². The maximum Gasteiger partial charge on any atom is 0.168 e. The van der Waals surface area contributed by atoms with E-state index in [-0.39, 0.29) is 0 Å². The predicted octanol–water partition coefficient (Wildman–Crippen LogP) is 9.46. The van der Waals surface area contributed by atoms with Crippen LogP contribution in [0.1, 0.15) is 5.56 Å². The molecular weight excluding hydrogens is 528 g/mol. The molecule has 8 rings (SSSR count). The minimum Gasteiger partial charge on any atom is -0.455 e. The van der Waals surface area contributed by atoms with Crippen molar-refractivity contribution in [3.05, 3.63) is 139 Å². The third-order valence-electron chi connectivity index (χ3n) is 7.77. The average Bonchev–Trinajstić information content (AvgIpc) is 3.46. The van der Waals surface area contributed by atoms with Crippen LogP contribution < -0.4 is 0 Å². The first-order valence-corrected chi connectivity index (χ1v) is 14.0. The molecule has 0 saturated carbocycles. The van der Waals surface area contributed by atoms with Crippen LogP contribution >= 0.6 is 0 Å². The molecule has 2 heterocycles. The van der Waals surface area contributed by atoms with E-state index < -0.39 is 0 Å². The van der Waals surface area contributed by atoms with Crippen molar-refractivity contribution in [1.29, 1.82) is 5.26 Å². The van der Waals surface area contributed by atoms with Crippen LogP contribution in [0.25, 0.3) is 78.0 Å². The molecule has 0 bridgehead atoms. The molecule has 0 amide bonds. The summed E-state index contributed by atoms with van der Waals surface area (Å²) in [6.07, 6.45) is 0. The van der Waals surface area contributed by atoms with Crippen molar-refractivity contribution < 1.29 is 4.42 Å². The molecule has 2 aromatic heterocycles. The van der Waals surface area contributed by atoms with E-state index in [2.05, 4.69) is 54.6 Å². The van der Waals surface area contributed by atoms with Gasteiger partial charge in [0.05, 0.1) is 17.2 Å². The van der Waals surface area contributed by atoms with E-state index >= 15 is 0 Å². The first-order valence-electron chi connectivity index (χ1n) is 14.0. The molecule has 0 aliphatic rings. The van der Waals surface area contributed by atoms with Crippen molar-refractivity contribution in [3.63, 3.8) is 0 Å². The predicted molar refractivity (Wildman–Crippen MR) is 171 cm³/mol. The molecule has 5 nitrogen and oxygen atoms in total. The van der Waals surface area contributed by atoms with Gasteiger partial charge in [0, 0.05) is 21.9 Å². The highest BCUT2D eigenvalue weighted by Crippen LogP contribution is 2.41. The molecule has 0 saturated heterocycles. The van der Waals surface area contributed by atoms with Crippen molar-refractivity contribution in [1.82, 2.24) is 15.0 Å². The van der Waals surface area contributed by atoms with Gasteiger partial charge in [0.15, 0.2) is 17.5 Å². The molecule has 5 heteroatoms. The Kier molecular flexibility index (Phi) is 5.77. The quantitative estimate of drug-likeness (QED) is 0.218. The maximum atomic E-state index is 9.41. The lowest BCUT2D eigenvalue weighted by Crippen LogP contribution is -2.01. The molecule has 0 radical (unpaired) electrons. The molecule has 6 aromatic carbocycles. The SMILES string of the molecule is N#Cc1ccc(-c2ccc3c(oc4ccccc43)c2-c2nc(-c3ccccc3)nc(-c3ccc4ccccc4c3)n2)cc1. The number of para-hydroxylation sites is 1. The van der Waals surface area contributed by atoms with E-state index in [1.54, 1.807) is 0 Å². The highest BCUT2D eigenvalue weighted by Gasteiger charge is 2.22. The Morgan fingerprint density at radius 1 is 0.512 bits per heavy atom. The molecule has 43 heavy (non-hydrogen) atoms. The van der Waals surface area contributed by atoms with Crippen LogP contribution in [0.5, 0.6) is 0 Å². The van der Waals surface area contributed by atoms with Gasteiger partial charge in [-0.25, -0.2) is 15.0 Å². The van der Waals surface area contributed by atoms with E-state index in [9.17, 15) is 5.26 Å². The molecule has 200 valence electrons. The van der Waals surface area contributed by atoms with Crippen LogP contribution in [0.3, 0.4) is 0 Å². The van der Waals surface area contributed by atoms with E-state index in [4.69, 9.17) is 19.4 Å². The Balaban J connectivity index is 1.45. The summed E-state index contributed by atoms with van der Waals surface area (Å²) < 4.78 is 6.54. The highest BCUT2D eigenvalue weighted by atomic mass is 16.3. The fourth-order valence-electron chi connectivity index (χ4n) is 5.64. The van der Waals surface area contributed by atoms with Gasteiger partial charge in [-0.15, -0.1) is 0 Å². The monoisotopic (exact) mass is 550 g/mol. The highest BCUT2D eigenvalue weighted by molar-refractivity contribution is 6.12. The topological polar surface area (TPSA) is 75.6 Å². The molecule has 0 atom stereocenters. The lowest BCUT2D eigenvalue weighted by atomic mass is 9.95. The van der Waals surface area contributed by atoms with E-state index in [0.717, 1.165) is 54.9 Å². The standard InChI is InChI=1S/C38H22N4O/c39-23-24-14-16-26(17-15-24)30-20-21-32-31-12-6-7-13-33(31)43-35(32)34(30)38-41-36(27-9-2-1-3-10-27)40-37(42-38)29-19-18-25-8-4-5-11-28(25)22-29/h1-22H. The third kappa shape index (κ3) is 4.30. The zero-order valence-corrected chi connectivity index (χ0v) is 22.9. The minimum atomic E-state index is 0.515. The van der Waals surface area contributed by atoms with Crippen LogP contribution in [0.4, 0.5) is 0 Å². The van der Waals surface area contributed by atoms with Crippen molar-refractivity contribution in [3.8, 4) is 51.4 Å². The summed E-state index contributed by atoms with van der Waals surface area (Å²) >= 11 is 0. The fourth-order valence-corrected chi connectivity index (χ4v) is 5.64. The number of hydrogen-bond acceptors (Lipinski definition) is 5. The van der Waals surface area contributed by atoms with Gasteiger partial charge in [-0.1, -0.05) is 103 Å². The Morgan fingerprint density at radius 3 is 2.00 bits per heavy atom. The van der Waals surface area contributed by atoms with Crippen molar-refractivity contribution in [2.45, 2.75) is 0 Å². The van der Waals surface area contributed by atoms with Crippen LogP contribution in [0.2, 0.25) is 0 Å². The first kappa shape index (κ1) is 24.7. The largest absolute Gasteiger partial charge is 0.455 e. The average molecular weight is 551 g/mol. The molecule has 0 fully saturated rings. The van der Waals surface area contributed by atoms with Crippen LogP contribution in [0.15, 0.2) is 138 Å². The number of hydrogen-bond donors (Lipinski definition) is 0. The molecular formula is C38H22N4O. The second-order valence-corrected chi connectivity index (χ2v) is 10.4. The van der Waals surface area contributed by atoms with Gasteiger partial charge in [0.1, 0.15) is 11.2 Å². The lowest BCUT2D eigenvalue weighted by molar-refractivity contribution is 0.669. The molecule has 0 aliphatic carbocycles. The zero-order chi connectivity index (χ0) is 28.8.